The van der Waals surface area contributed by atoms with Crippen LogP contribution in [0.5, 0.6) is 0 Å². The summed E-state index contributed by atoms with van der Waals surface area (Å²) >= 11 is 1.79. The van der Waals surface area contributed by atoms with E-state index in [2.05, 4.69) is 41.2 Å². The monoisotopic (exact) mass is 257 g/mol. The van der Waals surface area contributed by atoms with Gasteiger partial charge in [-0.25, -0.2) is 0 Å². The lowest BCUT2D eigenvalue weighted by Crippen LogP contribution is -2.12. The van der Waals surface area contributed by atoms with Gasteiger partial charge in [-0.2, -0.15) is 11.3 Å². The van der Waals surface area contributed by atoms with Gasteiger partial charge in [-0.1, -0.05) is 18.2 Å². The van der Waals surface area contributed by atoms with E-state index in [1.165, 1.54) is 36.0 Å². The molecule has 1 heterocycles. The van der Waals surface area contributed by atoms with Crippen molar-refractivity contribution in [3.63, 3.8) is 0 Å². The first-order chi connectivity index (χ1) is 8.83. The van der Waals surface area contributed by atoms with Crippen LogP contribution in [-0.4, -0.2) is 0 Å². The molecule has 0 bridgehead atoms. The quantitative estimate of drug-likeness (QED) is 0.877. The molecule has 2 aromatic rings. The second-order valence-electron chi connectivity index (χ2n) is 5.14. The van der Waals surface area contributed by atoms with Crippen LogP contribution in [-0.2, 0) is 25.9 Å². The molecule has 1 aromatic carbocycles. The minimum Gasteiger partial charge on any atom is -0.309 e. The van der Waals surface area contributed by atoms with Crippen LogP contribution in [0.25, 0.3) is 0 Å². The van der Waals surface area contributed by atoms with Crippen molar-refractivity contribution in [2.24, 2.45) is 0 Å². The van der Waals surface area contributed by atoms with Gasteiger partial charge in [0.05, 0.1) is 0 Å². The molecule has 2 heteroatoms. The van der Waals surface area contributed by atoms with Gasteiger partial charge < -0.3 is 5.32 Å². The zero-order valence-electron chi connectivity index (χ0n) is 10.8. The predicted octanol–water partition coefficient (Wildman–Crippen LogP) is 3.84. The van der Waals surface area contributed by atoms with Crippen LogP contribution >= 0.6 is 11.3 Å². The molecule has 0 atom stereocenters. The maximum absolute atomic E-state index is 3.54. The van der Waals surface area contributed by atoms with Gasteiger partial charge in [-0.3, -0.25) is 0 Å². The Morgan fingerprint density at radius 3 is 2.83 bits per heavy atom. The van der Waals surface area contributed by atoms with Crippen molar-refractivity contribution in [3.8, 4) is 0 Å². The average molecular weight is 257 g/mol. The van der Waals surface area contributed by atoms with Crippen LogP contribution in [0, 0.1) is 6.92 Å². The molecular formula is C16H19NS. The fraction of sp³-hybridized carbons (Fsp3) is 0.375. The second-order valence-corrected chi connectivity index (χ2v) is 5.88. The van der Waals surface area contributed by atoms with Crippen LogP contribution < -0.4 is 5.32 Å². The third-order valence-corrected chi connectivity index (χ3v) is 4.68. The fourth-order valence-corrected chi connectivity index (χ4v) is 3.50. The van der Waals surface area contributed by atoms with Crippen molar-refractivity contribution in [1.29, 1.82) is 0 Å². The number of hydrogen-bond acceptors (Lipinski definition) is 2. The van der Waals surface area contributed by atoms with E-state index in [1.807, 2.05) is 0 Å². The molecule has 0 saturated carbocycles. The summed E-state index contributed by atoms with van der Waals surface area (Å²) < 4.78 is 0. The average Bonchev–Trinajstić information content (AvgIpc) is 2.98. The molecule has 1 N–H and O–H groups in total. The van der Waals surface area contributed by atoms with Gasteiger partial charge in [-0.05, 0) is 64.8 Å². The van der Waals surface area contributed by atoms with Crippen LogP contribution in [0.3, 0.4) is 0 Å². The normalized spacial score (nSPS) is 13.8. The van der Waals surface area contributed by atoms with E-state index in [4.69, 9.17) is 0 Å². The van der Waals surface area contributed by atoms with Gasteiger partial charge in [0.15, 0.2) is 0 Å². The molecule has 0 amide bonds. The summed E-state index contributed by atoms with van der Waals surface area (Å²) in [5, 5.41) is 8.00. The molecule has 0 aliphatic heterocycles. The molecule has 1 aliphatic carbocycles. The lowest BCUT2D eigenvalue weighted by Gasteiger charge is -2.07. The van der Waals surface area contributed by atoms with Gasteiger partial charge in [0.25, 0.3) is 0 Å². The highest BCUT2D eigenvalue weighted by Gasteiger charge is 2.10. The predicted molar refractivity (Wildman–Crippen MR) is 78.1 cm³/mol. The Morgan fingerprint density at radius 1 is 1.11 bits per heavy atom. The van der Waals surface area contributed by atoms with Gasteiger partial charge >= 0.3 is 0 Å². The van der Waals surface area contributed by atoms with E-state index in [9.17, 15) is 0 Å². The number of nitrogens with one attached hydrogen (secondary N) is 1. The molecule has 1 aromatic heterocycles. The van der Waals surface area contributed by atoms with E-state index in [1.54, 1.807) is 22.5 Å². The van der Waals surface area contributed by atoms with Crippen LogP contribution in [0.15, 0.2) is 29.0 Å². The van der Waals surface area contributed by atoms with Gasteiger partial charge in [0.2, 0.25) is 0 Å². The van der Waals surface area contributed by atoms with Crippen molar-refractivity contribution >= 4 is 11.3 Å². The Bertz CT molecular complexity index is 542. The van der Waals surface area contributed by atoms with E-state index in [-0.39, 0.29) is 0 Å². The van der Waals surface area contributed by atoms with Crippen LogP contribution in [0.1, 0.15) is 34.2 Å². The Hall–Kier alpha value is -1.12. The first-order valence-corrected chi connectivity index (χ1v) is 7.60. The van der Waals surface area contributed by atoms with Crippen molar-refractivity contribution in [2.75, 3.05) is 0 Å². The second kappa shape index (κ2) is 5.25. The summed E-state index contributed by atoms with van der Waals surface area (Å²) in [7, 11) is 0. The summed E-state index contributed by atoms with van der Waals surface area (Å²) in [6.45, 7) is 4.14. The Morgan fingerprint density at radius 2 is 2.00 bits per heavy atom. The molecule has 0 unspecified atom stereocenters. The van der Waals surface area contributed by atoms with E-state index in [0.717, 1.165) is 13.1 Å². The SMILES string of the molecule is Cc1cscc1CNCc1ccc2c(c1)CCC2. The van der Waals surface area contributed by atoms with Crippen LogP contribution in [0.2, 0.25) is 0 Å². The third kappa shape index (κ3) is 2.50. The van der Waals surface area contributed by atoms with Gasteiger partial charge in [0.1, 0.15) is 0 Å². The molecule has 0 saturated heterocycles. The smallest absolute Gasteiger partial charge is 0.0219 e. The highest BCUT2D eigenvalue weighted by Crippen LogP contribution is 2.22. The Kier molecular flexibility index (Phi) is 3.48. The number of hydrogen-bond donors (Lipinski definition) is 1. The summed E-state index contributed by atoms with van der Waals surface area (Å²) in [6, 6.07) is 6.97. The molecule has 1 nitrogen and oxygen atoms in total. The molecule has 0 spiro atoms. The molecular weight excluding hydrogens is 238 g/mol. The lowest BCUT2D eigenvalue weighted by molar-refractivity contribution is 0.692. The zero-order valence-corrected chi connectivity index (χ0v) is 11.6. The molecule has 1 aliphatic rings. The van der Waals surface area contributed by atoms with Crippen molar-refractivity contribution in [2.45, 2.75) is 39.3 Å². The molecule has 94 valence electrons. The zero-order chi connectivity index (χ0) is 12.4. The van der Waals surface area contributed by atoms with E-state index >= 15 is 0 Å². The number of thiophene rings is 1. The summed E-state index contributed by atoms with van der Waals surface area (Å²) in [5.74, 6) is 0. The molecule has 0 fully saturated rings. The number of fused-ring (bicyclic) bond motifs is 1. The Labute approximate surface area is 113 Å². The van der Waals surface area contributed by atoms with Crippen molar-refractivity contribution in [1.82, 2.24) is 5.32 Å². The topological polar surface area (TPSA) is 12.0 Å². The van der Waals surface area contributed by atoms with Crippen LogP contribution in [0.4, 0.5) is 0 Å². The van der Waals surface area contributed by atoms with E-state index < -0.39 is 0 Å². The fourth-order valence-electron chi connectivity index (χ4n) is 2.64. The third-order valence-electron chi connectivity index (χ3n) is 3.77. The minimum atomic E-state index is 0.975. The number of benzene rings is 1. The van der Waals surface area contributed by atoms with Gasteiger partial charge in [0, 0.05) is 13.1 Å². The highest BCUT2D eigenvalue weighted by atomic mass is 32.1. The highest BCUT2D eigenvalue weighted by molar-refractivity contribution is 7.08. The van der Waals surface area contributed by atoms with E-state index in [0.29, 0.717) is 0 Å². The Balaban J connectivity index is 1.59. The molecule has 0 radical (unpaired) electrons. The maximum atomic E-state index is 3.54. The molecule has 3 rings (SSSR count). The largest absolute Gasteiger partial charge is 0.309 e. The van der Waals surface area contributed by atoms with Crippen molar-refractivity contribution in [3.05, 3.63) is 56.8 Å². The maximum Gasteiger partial charge on any atom is 0.0219 e. The number of aryl methyl sites for hydroxylation is 3. The first kappa shape index (κ1) is 11.9. The van der Waals surface area contributed by atoms with Crippen molar-refractivity contribution < 1.29 is 0 Å². The van der Waals surface area contributed by atoms with Gasteiger partial charge in [-0.15, -0.1) is 0 Å². The number of rotatable bonds is 4. The summed E-state index contributed by atoms with van der Waals surface area (Å²) in [6.07, 6.45) is 3.88. The lowest BCUT2D eigenvalue weighted by atomic mass is 10.1. The summed E-state index contributed by atoms with van der Waals surface area (Å²) in [4.78, 5) is 0. The summed E-state index contributed by atoms with van der Waals surface area (Å²) in [5.41, 5.74) is 7.39. The molecule has 18 heavy (non-hydrogen) atoms. The minimum absolute atomic E-state index is 0.975. The first-order valence-electron chi connectivity index (χ1n) is 6.66. The standard InChI is InChI=1S/C16H19NS/c1-12-10-18-11-16(12)9-17-8-13-5-6-14-3-2-4-15(14)7-13/h5-7,10-11,17H,2-4,8-9H2,1H3.